The van der Waals surface area contributed by atoms with Crippen LogP contribution < -0.4 is 10.5 Å². The van der Waals surface area contributed by atoms with Crippen molar-refractivity contribution < 1.29 is 8.42 Å². The van der Waals surface area contributed by atoms with Crippen molar-refractivity contribution in [3.63, 3.8) is 0 Å². The first-order valence-corrected chi connectivity index (χ1v) is 7.25. The number of anilines is 2. The number of aromatic nitrogens is 1. The molecule has 0 fully saturated rings. The van der Waals surface area contributed by atoms with Gasteiger partial charge in [-0.25, -0.2) is 8.42 Å². The van der Waals surface area contributed by atoms with E-state index in [4.69, 9.17) is 5.73 Å². The van der Waals surface area contributed by atoms with Crippen LogP contribution in [0.4, 0.5) is 11.4 Å². The van der Waals surface area contributed by atoms with E-state index in [1.54, 1.807) is 24.3 Å². The van der Waals surface area contributed by atoms with Gasteiger partial charge in [0.1, 0.15) is 4.90 Å². The summed E-state index contributed by atoms with van der Waals surface area (Å²) in [5, 5.41) is 0. The molecule has 0 saturated heterocycles. The smallest absolute Gasteiger partial charge is 0.265 e. The van der Waals surface area contributed by atoms with Crippen LogP contribution in [0.25, 0.3) is 0 Å². The summed E-state index contributed by atoms with van der Waals surface area (Å²) in [6.45, 7) is 0. The Bertz CT molecular complexity index is 673. The standard InChI is InChI=1S/C11H10BrN3O2S/c12-8-3-1-2-4-10(8)15-18(16,17)11-7-14-6-5-9(11)13/h1-7,15H,(H2,13,14). The van der Waals surface area contributed by atoms with Crippen LogP contribution in [0.1, 0.15) is 0 Å². The topological polar surface area (TPSA) is 85.1 Å². The van der Waals surface area contributed by atoms with Crippen LogP contribution >= 0.6 is 15.9 Å². The van der Waals surface area contributed by atoms with Crippen molar-refractivity contribution in [1.29, 1.82) is 0 Å². The molecule has 0 unspecified atom stereocenters. The van der Waals surface area contributed by atoms with E-state index in [-0.39, 0.29) is 10.6 Å². The molecule has 94 valence electrons. The van der Waals surface area contributed by atoms with Crippen LogP contribution in [0.3, 0.4) is 0 Å². The molecule has 18 heavy (non-hydrogen) atoms. The highest BCUT2D eigenvalue weighted by molar-refractivity contribution is 9.10. The van der Waals surface area contributed by atoms with E-state index in [9.17, 15) is 8.42 Å². The summed E-state index contributed by atoms with van der Waals surface area (Å²) >= 11 is 3.27. The van der Waals surface area contributed by atoms with Gasteiger partial charge < -0.3 is 5.73 Å². The molecule has 0 aliphatic carbocycles. The fourth-order valence-corrected chi connectivity index (χ4v) is 3.03. The summed E-state index contributed by atoms with van der Waals surface area (Å²) in [5.41, 5.74) is 6.23. The highest BCUT2D eigenvalue weighted by Crippen LogP contribution is 2.25. The van der Waals surface area contributed by atoms with E-state index in [1.807, 2.05) is 0 Å². The minimum Gasteiger partial charge on any atom is -0.398 e. The van der Waals surface area contributed by atoms with Gasteiger partial charge in [0.05, 0.1) is 11.4 Å². The number of halogens is 1. The summed E-state index contributed by atoms with van der Waals surface area (Å²) in [6, 6.07) is 8.35. The van der Waals surface area contributed by atoms with Gasteiger partial charge in [0, 0.05) is 16.9 Å². The lowest BCUT2D eigenvalue weighted by Crippen LogP contribution is -2.15. The number of hydrogen-bond donors (Lipinski definition) is 2. The Hall–Kier alpha value is -1.60. The molecule has 0 amide bonds. The monoisotopic (exact) mass is 327 g/mol. The first-order chi connectivity index (χ1) is 8.50. The van der Waals surface area contributed by atoms with Gasteiger partial charge in [-0.3, -0.25) is 9.71 Å². The van der Waals surface area contributed by atoms with Gasteiger partial charge in [0.2, 0.25) is 0 Å². The zero-order valence-electron chi connectivity index (χ0n) is 9.17. The van der Waals surface area contributed by atoms with Crippen LogP contribution in [0.5, 0.6) is 0 Å². The summed E-state index contributed by atoms with van der Waals surface area (Å²) in [4.78, 5) is 3.72. The molecule has 2 aromatic rings. The molecule has 3 N–H and O–H groups in total. The second kappa shape index (κ2) is 4.95. The quantitative estimate of drug-likeness (QED) is 0.905. The Balaban J connectivity index is 2.40. The first kappa shape index (κ1) is 12.8. The second-order valence-corrected chi connectivity index (χ2v) is 6.00. The molecule has 0 bridgehead atoms. The molecule has 5 nitrogen and oxygen atoms in total. The van der Waals surface area contributed by atoms with Gasteiger partial charge in [-0.05, 0) is 34.1 Å². The summed E-state index contributed by atoms with van der Waals surface area (Å²) in [7, 11) is -3.73. The van der Waals surface area contributed by atoms with Crippen molar-refractivity contribution in [2.75, 3.05) is 10.5 Å². The lowest BCUT2D eigenvalue weighted by molar-refractivity contribution is 0.601. The molecular formula is C11H10BrN3O2S. The van der Waals surface area contributed by atoms with Crippen LogP contribution in [0, 0.1) is 0 Å². The molecule has 7 heteroatoms. The Morgan fingerprint density at radius 3 is 2.61 bits per heavy atom. The van der Waals surface area contributed by atoms with E-state index in [1.165, 1.54) is 18.5 Å². The highest BCUT2D eigenvalue weighted by Gasteiger charge is 2.18. The average Bonchev–Trinajstić information content (AvgIpc) is 2.32. The number of nitrogen functional groups attached to an aromatic ring is 1. The summed E-state index contributed by atoms with van der Waals surface area (Å²) in [6.07, 6.45) is 2.65. The van der Waals surface area contributed by atoms with Crippen LogP contribution in [-0.4, -0.2) is 13.4 Å². The number of pyridine rings is 1. The van der Waals surface area contributed by atoms with E-state index >= 15 is 0 Å². The van der Waals surface area contributed by atoms with Crippen LogP contribution in [0.15, 0.2) is 52.1 Å². The van der Waals surface area contributed by atoms with Crippen molar-refractivity contribution in [1.82, 2.24) is 4.98 Å². The lowest BCUT2D eigenvalue weighted by Gasteiger charge is -2.10. The predicted octanol–water partition coefficient (Wildman–Crippen LogP) is 2.23. The molecule has 0 atom stereocenters. The van der Waals surface area contributed by atoms with E-state index in [0.29, 0.717) is 10.2 Å². The number of nitrogens with two attached hydrogens (primary N) is 1. The minimum absolute atomic E-state index is 0.0410. The second-order valence-electron chi connectivity index (χ2n) is 3.50. The largest absolute Gasteiger partial charge is 0.398 e. The van der Waals surface area contributed by atoms with Gasteiger partial charge in [0.25, 0.3) is 10.0 Å². The van der Waals surface area contributed by atoms with E-state index in [2.05, 4.69) is 25.6 Å². The predicted molar refractivity (Wildman–Crippen MR) is 73.6 cm³/mol. The maximum absolute atomic E-state index is 12.1. The fraction of sp³-hybridized carbons (Fsp3) is 0. The van der Waals surface area contributed by atoms with Gasteiger partial charge in [-0.1, -0.05) is 12.1 Å². The SMILES string of the molecule is Nc1ccncc1S(=O)(=O)Nc1ccccc1Br. The van der Waals surface area contributed by atoms with Gasteiger partial charge >= 0.3 is 0 Å². The Labute approximate surface area is 113 Å². The zero-order valence-corrected chi connectivity index (χ0v) is 11.6. The molecule has 0 saturated carbocycles. The number of rotatable bonds is 3. The van der Waals surface area contributed by atoms with Gasteiger partial charge in [0.15, 0.2) is 0 Å². The van der Waals surface area contributed by atoms with Gasteiger partial charge in [-0.15, -0.1) is 0 Å². The van der Waals surface area contributed by atoms with Gasteiger partial charge in [-0.2, -0.15) is 0 Å². The lowest BCUT2D eigenvalue weighted by atomic mass is 10.3. The third-order valence-corrected chi connectivity index (χ3v) is 4.32. The summed E-state index contributed by atoms with van der Waals surface area (Å²) in [5.74, 6) is 0. The Kier molecular flexibility index (Phi) is 3.53. The number of nitrogens with one attached hydrogen (secondary N) is 1. The average molecular weight is 328 g/mol. The molecule has 1 aromatic carbocycles. The van der Waals surface area contributed by atoms with Crippen molar-refractivity contribution in [2.24, 2.45) is 0 Å². The number of nitrogens with zero attached hydrogens (tertiary/aromatic N) is 1. The highest BCUT2D eigenvalue weighted by atomic mass is 79.9. The van der Waals surface area contributed by atoms with E-state index in [0.717, 1.165) is 0 Å². The maximum Gasteiger partial charge on any atom is 0.265 e. The maximum atomic E-state index is 12.1. The Morgan fingerprint density at radius 1 is 1.22 bits per heavy atom. The number of para-hydroxylation sites is 1. The third kappa shape index (κ3) is 2.62. The Morgan fingerprint density at radius 2 is 1.94 bits per heavy atom. The normalized spacial score (nSPS) is 11.2. The number of hydrogen-bond acceptors (Lipinski definition) is 4. The third-order valence-electron chi connectivity index (χ3n) is 2.22. The molecular weight excluding hydrogens is 318 g/mol. The summed E-state index contributed by atoms with van der Waals surface area (Å²) < 4.78 is 27.3. The molecule has 2 rings (SSSR count). The first-order valence-electron chi connectivity index (χ1n) is 4.97. The molecule has 0 spiro atoms. The van der Waals surface area contributed by atoms with Crippen LogP contribution in [0.2, 0.25) is 0 Å². The minimum atomic E-state index is -3.73. The van der Waals surface area contributed by atoms with Crippen LogP contribution in [-0.2, 0) is 10.0 Å². The van der Waals surface area contributed by atoms with Crippen molar-refractivity contribution in [3.05, 3.63) is 47.2 Å². The van der Waals surface area contributed by atoms with Crippen molar-refractivity contribution in [2.45, 2.75) is 4.90 Å². The molecule has 0 aliphatic heterocycles. The zero-order chi connectivity index (χ0) is 13.2. The fourth-order valence-electron chi connectivity index (χ4n) is 1.36. The van der Waals surface area contributed by atoms with Crippen molar-refractivity contribution >= 4 is 37.3 Å². The van der Waals surface area contributed by atoms with Crippen molar-refractivity contribution in [3.8, 4) is 0 Å². The van der Waals surface area contributed by atoms with E-state index < -0.39 is 10.0 Å². The molecule has 0 radical (unpaired) electrons. The molecule has 0 aliphatic rings. The number of sulfonamides is 1. The number of benzene rings is 1. The molecule has 1 heterocycles. The molecule has 1 aromatic heterocycles.